The maximum atomic E-state index is 9.27. The van der Waals surface area contributed by atoms with Gasteiger partial charge in [0, 0.05) is 23.1 Å². The largest absolute Gasteiger partial charge is 0.366 e. The van der Waals surface area contributed by atoms with Crippen LogP contribution < -0.4 is 10.6 Å². The SMILES string of the molecule is CC(N)C1CCCCN1c1ccc(Br)cc1C#N. The Balaban J connectivity index is 2.37. The van der Waals surface area contributed by atoms with E-state index in [-0.39, 0.29) is 6.04 Å². The van der Waals surface area contributed by atoms with Gasteiger partial charge in [0.15, 0.2) is 0 Å². The molecule has 2 unspecified atom stereocenters. The van der Waals surface area contributed by atoms with Crippen molar-refractivity contribution in [3.63, 3.8) is 0 Å². The van der Waals surface area contributed by atoms with E-state index in [1.807, 2.05) is 25.1 Å². The monoisotopic (exact) mass is 307 g/mol. The van der Waals surface area contributed by atoms with Crippen molar-refractivity contribution in [2.75, 3.05) is 11.4 Å². The van der Waals surface area contributed by atoms with Gasteiger partial charge in [0.2, 0.25) is 0 Å². The van der Waals surface area contributed by atoms with Gasteiger partial charge in [0.25, 0.3) is 0 Å². The molecule has 0 saturated carbocycles. The zero-order valence-electron chi connectivity index (χ0n) is 10.6. The number of nitrogens with zero attached hydrogens (tertiary/aromatic N) is 2. The first kappa shape index (κ1) is 13.4. The molecule has 0 spiro atoms. The highest BCUT2D eigenvalue weighted by Crippen LogP contribution is 2.30. The van der Waals surface area contributed by atoms with Crippen molar-refractivity contribution >= 4 is 21.6 Å². The molecule has 96 valence electrons. The van der Waals surface area contributed by atoms with Gasteiger partial charge in [-0.3, -0.25) is 0 Å². The van der Waals surface area contributed by atoms with Gasteiger partial charge in [-0.25, -0.2) is 0 Å². The van der Waals surface area contributed by atoms with Crippen LogP contribution in [0.25, 0.3) is 0 Å². The molecule has 18 heavy (non-hydrogen) atoms. The van der Waals surface area contributed by atoms with Crippen LogP contribution >= 0.6 is 15.9 Å². The summed E-state index contributed by atoms with van der Waals surface area (Å²) in [4.78, 5) is 2.30. The lowest BCUT2D eigenvalue weighted by molar-refractivity contribution is 0.413. The summed E-state index contributed by atoms with van der Waals surface area (Å²) in [5.74, 6) is 0. The highest BCUT2D eigenvalue weighted by molar-refractivity contribution is 9.10. The Labute approximate surface area is 117 Å². The number of hydrogen-bond donors (Lipinski definition) is 1. The summed E-state index contributed by atoms with van der Waals surface area (Å²) in [6, 6.07) is 8.63. The fourth-order valence-corrected chi connectivity index (χ4v) is 3.01. The third-order valence-electron chi connectivity index (χ3n) is 3.54. The summed E-state index contributed by atoms with van der Waals surface area (Å²) >= 11 is 3.41. The van der Waals surface area contributed by atoms with Crippen LogP contribution in [0.2, 0.25) is 0 Å². The highest BCUT2D eigenvalue weighted by atomic mass is 79.9. The van der Waals surface area contributed by atoms with E-state index in [0.29, 0.717) is 6.04 Å². The Morgan fingerprint density at radius 1 is 1.50 bits per heavy atom. The van der Waals surface area contributed by atoms with E-state index < -0.39 is 0 Å². The molecule has 0 amide bonds. The third kappa shape index (κ3) is 2.68. The van der Waals surface area contributed by atoms with Gasteiger partial charge in [-0.05, 0) is 44.4 Å². The summed E-state index contributed by atoms with van der Waals surface area (Å²) < 4.78 is 0.942. The van der Waals surface area contributed by atoms with Gasteiger partial charge in [-0.2, -0.15) is 5.26 Å². The number of nitrogens with two attached hydrogens (primary N) is 1. The lowest BCUT2D eigenvalue weighted by Gasteiger charge is -2.40. The summed E-state index contributed by atoms with van der Waals surface area (Å²) in [5.41, 5.74) is 7.82. The molecule has 3 nitrogen and oxygen atoms in total. The Bertz CT molecular complexity index is 465. The Hall–Kier alpha value is -1.05. The van der Waals surface area contributed by atoms with E-state index in [4.69, 9.17) is 5.73 Å². The second kappa shape index (κ2) is 5.73. The molecule has 1 aliphatic rings. The fourth-order valence-electron chi connectivity index (χ4n) is 2.65. The molecule has 1 aromatic rings. The average molecular weight is 308 g/mol. The smallest absolute Gasteiger partial charge is 0.101 e. The molecule has 0 bridgehead atoms. The molecule has 4 heteroatoms. The lowest BCUT2D eigenvalue weighted by Crippen LogP contribution is -2.49. The van der Waals surface area contributed by atoms with E-state index in [9.17, 15) is 5.26 Å². The molecule has 2 atom stereocenters. The molecule has 2 N–H and O–H groups in total. The van der Waals surface area contributed by atoms with E-state index in [2.05, 4.69) is 26.9 Å². The zero-order chi connectivity index (χ0) is 13.1. The second-order valence-electron chi connectivity index (χ2n) is 4.89. The summed E-state index contributed by atoms with van der Waals surface area (Å²) in [6.07, 6.45) is 3.50. The second-order valence-corrected chi connectivity index (χ2v) is 5.80. The zero-order valence-corrected chi connectivity index (χ0v) is 12.2. The number of nitriles is 1. The highest BCUT2D eigenvalue weighted by Gasteiger charge is 2.27. The number of piperidine rings is 1. The first-order valence-corrected chi connectivity index (χ1v) is 7.14. The molecular weight excluding hydrogens is 290 g/mol. The van der Waals surface area contributed by atoms with Gasteiger partial charge in [0.05, 0.1) is 11.3 Å². The van der Waals surface area contributed by atoms with Crippen molar-refractivity contribution in [2.45, 2.75) is 38.3 Å². The molecule has 1 saturated heterocycles. The average Bonchev–Trinajstić information content (AvgIpc) is 2.38. The molecule has 1 heterocycles. The minimum absolute atomic E-state index is 0.125. The standard InChI is InChI=1S/C14H18BrN3/c1-10(17)13-4-2-3-7-18(13)14-6-5-12(15)8-11(14)9-16/h5-6,8,10,13H,2-4,7,17H2,1H3. The number of hydrogen-bond acceptors (Lipinski definition) is 3. The maximum absolute atomic E-state index is 9.27. The normalized spacial score (nSPS) is 21.4. The van der Waals surface area contributed by atoms with Crippen LogP contribution in [0.4, 0.5) is 5.69 Å². The molecule has 0 aromatic heterocycles. The van der Waals surface area contributed by atoms with Gasteiger partial charge in [-0.1, -0.05) is 15.9 Å². The van der Waals surface area contributed by atoms with E-state index in [1.165, 1.54) is 12.8 Å². The van der Waals surface area contributed by atoms with Crippen molar-refractivity contribution in [3.8, 4) is 6.07 Å². The Kier molecular flexibility index (Phi) is 4.26. The van der Waals surface area contributed by atoms with E-state index >= 15 is 0 Å². The van der Waals surface area contributed by atoms with Gasteiger partial charge in [-0.15, -0.1) is 0 Å². The van der Waals surface area contributed by atoms with Crippen molar-refractivity contribution in [1.29, 1.82) is 5.26 Å². The Morgan fingerprint density at radius 2 is 2.28 bits per heavy atom. The van der Waals surface area contributed by atoms with Crippen LogP contribution in [0, 0.1) is 11.3 Å². The van der Waals surface area contributed by atoms with Gasteiger partial charge in [0.1, 0.15) is 6.07 Å². The van der Waals surface area contributed by atoms with Crippen LogP contribution in [0.1, 0.15) is 31.7 Å². The molecular formula is C14H18BrN3. The van der Waals surface area contributed by atoms with Gasteiger partial charge >= 0.3 is 0 Å². The summed E-state index contributed by atoms with van der Waals surface area (Å²) in [5, 5.41) is 9.27. The number of anilines is 1. The van der Waals surface area contributed by atoms with Crippen molar-refractivity contribution < 1.29 is 0 Å². The van der Waals surface area contributed by atoms with Crippen LogP contribution in [0.5, 0.6) is 0 Å². The topological polar surface area (TPSA) is 53.0 Å². The molecule has 1 fully saturated rings. The van der Waals surface area contributed by atoms with Crippen LogP contribution in [-0.2, 0) is 0 Å². The number of rotatable bonds is 2. The van der Waals surface area contributed by atoms with Crippen LogP contribution in [0.15, 0.2) is 22.7 Å². The molecule has 0 aliphatic carbocycles. The van der Waals surface area contributed by atoms with E-state index in [0.717, 1.165) is 28.7 Å². The van der Waals surface area contributed by atoms with Crippen LogP contribution in [0.3, 0.4) is 0 Å². The minimum Gasteiger partial charge on any atom is -0.366 e. The maximum Gasteiger partial charge on any atom is 0.101 e. The third-order valence-corrected chi connectivity index (χ3v) is 4.04. The molecule has 0 radical (unpaired) electrons. The number of benzene rings is 1. The van der Waals surface area contributed by atoms with Crippen LogP contribution in [-0.4, -0.2) is 18.6 Å². The van der Waals surface area contributed by atoms with Gasteiger partial charge < -0.3 is 10.6 Å². The quantitative estimate of drug-likeness (QED) is 0.913. The van der Waals surface area contributed by atoms with Crippen molar-refractivity contribution in [2.24, 2.45) is 5.73 Å². The Morgan fingerprint density at radius 3 is 2.94 bits per heavy atom. The fraction of sp³-hybridized carbons (Fsp3) is 0.500. The molecule has 2 rings (SSSR count). The number of halogens is 1. The first-order valence-electron chi connectivity index (χ1n) is 6.35. The lowest BCUT2D eigenvalue weighted by atomic mass is 9.95. The predicted octanol–water partition coefficient (Wildman–Crippen LogP) is 3.03. The molecule has 1 aromatic carbocycles. The van der Waals surface area contributed by atoms with Crippen molar-refractivity contribution in [3.05, 3.63) is 28.2 Å². The molecule has 1 aliphatic heterocycles. The summed E-state index contributed by atoms with van der Waals surface area (Å²) in [7, 11) is 0. The van der Waals surface area contributed by atoms with E-state index in [1.54, 1.807) is 0 Å². The minimum atomic E-state index is 0.125. The summed E-state index contributed by atoms with van der Waals surface area (Å²) in [6.45, 7) is 3.04. The van der Waals surface area contributed by atoms with Crippen molar-refractivity contribution in [1.82, 2.24) is 0 Å². The first-order chi connectivity index (χ1) is 8.63. The predicted molar refractivity (Wildman–Crippen MR) is 77.5 cm³/mol.